The summed E-state index contributed by atoms with van der Waals surface area (Å²) >= 11 is 0. The monoisotopic (exact) mass is 317 g/mol. The second-order valence-electron chi connectivity index (χ2n) is 6.51. The first-order chi connectivity index (χ1) is 11.1. The van der Waals surface area contributed by atoms with Gasteiger partial charge in [-0.3, -0.25) is 9.59 Å². The molecule has 23 heavy (non-hydrogen) atoms. The van der Waals surface area contributed by atoms with Crippen LogP contribution in [-0.2, 0) is 9.53 Å². The molecule has 1 unspecified atom stereocenters. The number of nitrogens with zero attached hydrogens (tertiary/aromatic N) is 1. The molecule has 1 aromatic carbocycles. The average molecular weight is 317 g/mol. The molecule has 0 saturated carbocycles. The molecule has 2 atom stereocenters. The summed E-state index contributed by atoms with van der Waals surface area (Å²) in [5.41, 5.74) is 1.75. The number of carbonyl (C=O) groups is 2. The fourth-order valence-electron chi connectivity index (χ4n) is 3.75. The van der Waals surface area contributed by atoms with Crippen molar-refractivity contribution >= 4 is 11.9 Å². The normalized spacial score (nSPS) is 25.5. The van der Waals surface area contributed by atoms with Gasteiger partial charge >= 0.3 is 5.97 Å². The van der Waals surface area contributed by atoms with Crippen molar-refractivity contribution in [1.82, 2.24) is 4.90 Å². The highest BCUT2D eigenvalue weighted by molar-refractivity contribution is 5.95. The lowest BCUT2D eigenvalue weighted by atomic mass is 9.84. The quantitative estimate of drug-likeness (QED) is 0.929. The van der Waals surface area contributed by atoms with Crippen LogP contribution in [0.3, 0.4) is 0 Å². The Labute approximate surface area is 136 Å². The van der Waals surface area contributed by atoms with Gasteiger partial charge in [0.15, 0.2) is 0 Å². The van der Waals surface area contributed by atoms with E-state index in [2.05, 4.69) is 0 Å². The minimum absolute atomic E-state index is 0.0728. The van der Waals surface area contributed by atoms with E-state index >= 15 is 0 Å². The molecule has 5 heteroatoms. The van der Waals surface area contributed by atoms with Gasteiger partial charge in [0.25, 0.3) is 5.91 Å². The van der Waals surface area contributed by atoms with Crippen molar-refractivity contribution in [2.24, 2.45) is 11.8 Å². The maximum Gasteiger partial charge on any atom is 0.309 e. The molecule has 3 rings (SSSR count). The van der Waals surface area contributed by atoms with Crippen LogP contribution in [0.4, 0.5) is 0 Å². The molecule has 2 aliphatic rings. The van der Waals surface area contributed by atoms with Crippen LogP contribution in [0.25, 0.3) is 0 Å². The highest BCUT2D eigenvalue weighted by Gasteiger charge is 2.40. The fourth-order valence-corrected chi connectivity index (χ4v) is 3.75. The van der Waals surface area contributed by atoms with E-state index in [1.54, 1.807) is 0 Å². The Morgan fingerprint density at radius 2 is 1.87 bits per heavy atom. The molecule has 124 valence electrons. The average Bonchev–Trinajstić information content (AvgIpc) is 3.05. The van der Waals surface area contributed by atoms with Crippen molar-refractivity contribution in [2.75, 3.05) is 19.7 Å². The highest BCUT2D eigenvalue weighted by atomic mass is 16.5. The van der Waals surface area contributed by atoms with Crippen molar-refractivity contribution < 1.29 is 19.4 Å². The van der Waals surface area contributed by atoms with Gasteiger partial charge in [-0.2, -0.15) is 0 Å². The van der Waals surface area contributed by atoms with Gasteiger partial charge in [0.1, 0.15) is 0 Å². The molecule has 2 fully saturated rings. The Morgan fingerprint density at radius 1 is 1.17 bits per heavy atom. The Bertz CT molecular complexity index is 592. The summed E-state index contributed by atoms with van der Waals surface area (Å²) in [4.78, 5) is 25.8. The molecule has 0 bridgehead atoms. The van der Waals surface area contributed by atoms with Crippen molar-refractivity contribution in [2.45, 2.75) is 32.3 Å². The third kappa shape index (κ3) is 3.24. The Hall–Kier alpha value is -1.88. The minimum Gasteiger partial charge on any atom is -0.481 e. The number of aliphatic carboxylic acids is 1. The molecular weight excluding hydrogens is 294 g/mol. The molecule has 0 spiro atoms. The van der Waals surface area contributed by atoms with Crippen LogP contribution >= 0.6 is 0 Å². The minimum atomic E-state index is -0.758. The first-order valence-electron chi connectivity index (χ1n) is 8.27. The van der Waals surface area contributed by atoms with E-state index in [0.29, 0.717) is 26.1 Å². The van der Waals surface area contributed by atoms with Crippen molar-refractivity contribution in [3.8, 4) is 0 Å². The van der Waals surface area contributed by atoms with E-state index in [9.17, 15) is 14.7 Å². The van der Waals surface area contributed by atoms with E-state index < -0.39 is 11.9 Å². The zero-order valence-corrected chi connectivity index (χ0v) is 13.4. The molecule has 1 amide bonds. The molecule has 2 aliphatic heterocycles. The van der Waals surface area contributed by atoms with Crippen molar-refractivity contribution in [1.29, 1.82) is 0 Å². The molecule has 0 aliphatic carbocycles. The van der Waals surface area contributed by atoms with Gasteiger partial charge in [-0.15, -0.1) is 0 Å². The topological polar surface area (TPSA) is 66.8 Å². The van der Waals surface area contributed by atoms with Gasteiger partial charge in [0.05, 0.1) is 12.0 Å². The van der Waals surface area contributed by atoms with Crippen LogP contribution in [-0.4, -0.2) is 47.7 Å². The first-order valence-corrected chi connectivity index (χ1v) is 8.27. The summed E-state index contributed by atoms with van der Waals surface area (Å²) in [6.07, 6.45) is 2.03. The van der Waals surface area contributed by atoms with Gasteiger partial charge in [-0.05, 0) is 43.7 Å². The number of piperidine rings is 1. The van der Waals surface area contributed by atoms with E-state index in [1.807, 2.05) is 36.1 Å². The number of likely N-dealkylation sites (tertiary alicyclic amines) is 1. The summed E-state index contributed by atoms with van der Waals surface area (Å²) in [6.45, 7) is 3.82. The van der Waals surface area contributed by atoms with E-state index in [-0.39, 0.29) is 17.9 Å². The van der Waals surface area contributed by atoms with Gasteiger partial charge < -0.3 is 14.7 Å². The summed E-state index contributed by atoms with van der Waals surface area (Å²) in [6, 6.07) is 7.63. The molecule has 1 N–H and O–H groups in total. The molecule has 2 heterocycles. The van der Waals surface area contributed by atoms with Crippen molar-refractivity contribution in [3.63, 3.8) is 0 Å². The third-order valence-electron chi connectivity index (χ3n) is 5.12. The largest absolute Gasteiger partial charge is 0.481 e. The number of hydrogen-bond donors (Lipinski definition) is 1. The highest BCUT2D eigenvalue weighted by Crippen LogP contribution is 2.33. The zero-order valence-electron chi connectivity index (χ0n) is 13.4. The van der Waals surface area contributed by atoms with Crippen LogP contribution in [0.15, 0.2) is 24.3 Å². The fraction of sp³-hybridized carbons (Fsp3) is 0.556. The van der Waals surface area contributed by atoms with Gasteiger partial charge in [0, 0.05) is 25.3 Å². The van der Waals surface area contributed by atoms with Crippen LogP contribution < -0.4 is 0 Å². The Balaban J connectivity index is 1.61. The standard InChI is InChI=1S/C18H23NO4/c1-12-4-2-3-5-14(12)17(20)19-9-6-13(7-10-19)16-15(18(21)22)8-11-23-16/h2-5,13,15-16H,6-11H2,1H3,(H,21,22)/t15?,16-/m0/s1. The lowest BCUT2D eigenvalue weighted by Gasteiger charge is -2.35. The first kappa shape index (κ1) is 16.0. The number of benzene rings is 1. The second kappa shape index (κ2) is 6.71. The number of amides is 1. The maximum atomic E-state index is 12.6. The van der Waals surface area contributed by atoms with Gasteiger partial charge in [-0.25, -0.2) is 0 Å². The zero-order chi connectivity index (χ0) is 16.4. The third-order valence-corrected chi connectivity index (χ3v) is 5.12. The summed E-state index contributed by atoms with van der Waals surface area (Å²) in [5, 5.41) is 9.29. The Morgan fingerprint density at radius 3 is 2.52 bits per heavy atom. The molecule has 1 aromatic rings. The molecule has 0 aromatic heterocycles. The summed E-state index contributed by atoms with van der Waals surface area (Å²) in [7, 11) is 0. The van der Waals surface area contributed by atoms with Crippen molar-refractivity contribution in [3.05, 3.63) is 35.4 Å². The number of hydrogen-bond acceptors (Lipinski definition) is 3. The van der Waals surface area contributed by atoms with Gasteiger partial charge in [0.2, 0.25) is 0 Å². The summed E-state index contributed by atoms with van der Waals surface area (Å²) < 4.78 is 5.68. The number of carboxylic acids is 1. The predicted molar refractivity (Wildman–Crippen MR) is 85.3 cm³/mol. The predicted octanol–water partition coefficient (Wildman–Crippen LogP) is 2.34. The number of carboxylic acid groups (broad SMARTS) is 1. The van der Waals surface area contributed by atoms with E-state index in [0.717, 1.165) is 24.0 Å². The summed E-state index contributed by atoms with van der Waals surface area (Å²) in [5.74, 6) is -0.840. The number of rotatable bonds is 3. The van der Waals surface area contributed by atoms with Crippen LogP contribution in [0.5, 0.6) is 0 Å². The number of carbonyl (C=O) groups excluding carboxylic acids is 1. The van der Waals surface area contributed by atoms with Crippen LogP contribution in [0, 0.1) is 18.8 Å². The maximum absolute atomic E-state index is 12.6. The molecule has 2 saturated heterocycles. The van der Waals surface area contributed by atoms with Crippen LogP contribution in [0.1, 0.15) is 35.2 Å². The smallest absolute Gasteiger partial charge is 0.309 e. The van der Waals surface area contributed by atoms with Gasteiger partial charge in [-0.1, -0.05) is 18.2 Å². The lowest BCUT2D eigenvalue weighted by Crippen LogP contribution is -2.43. The second-order valence-corrected chi connectivity index (χ2v) is 6.51. The molecule has 5 nitrogen and oxygen atoms in total. The van der Waals surface area contributed by atoms with E-state index in [4.69, 9.17) is 4.74 Å². The Kier molecular flexibility index (Phi) is 4.66. The van der Waals surface area contributed by atoms with E-state index in [1.165, 1.54) is 0 Å². The molecular formula is C18H23NO4. The van der Waals surface area contributed by atoms with Crippen LogP contribution in [0.2, 0.25) is 0 Å². The number of ether oxygens (including phenoxy) is 1. The molecule has 0 radical (unpaired) electrons. The SMILES string of the molecule is Cc1ccccc1C(=O)N1CCC([C@@H]2OCCC2C(=O)O)CC1. The lowest BCUT2D eigenvalue weighted by molar-refractivity contribution is -0.145. The number of aryl methyl sites for hydroxylation is 1.